The van der Waals surface area contributed by atoms with Crippen LogP contribution in [0, 0.1) is 6.92 Å². The maximum absolute atomic E-state index is 5.71. The van der Waals surface area contributed by atoms with Gasteiger partial charge in [0.05, 0.1) is 0 Å². The Labute approximate surface area is 83.1 Å². The van der Waals surface area contributed by atoms with Crippen LogP contribution in [0.2, 0.25) is 0 Å². The van der Waals surface area contributed by atoms with Crippen LogP contribution in [0.3, 0.4) is 0 Å². The first-order valence-corrected chi connectivity index (χ1v) is 5.70. The molecule has 72 valence electrons. The zero-order chi connectivity index (χ0) is 9.26. The number of hydrogen-bond donors (Lipinski definition) is 2. The van der Waals surface area contributed by atoms with Gasteiger partial charge in [-0.2, -0.15) is 11.3 Å². The van der Waals surface area contributed by atoms with Crippen molar-refractivity contribution in [3.63, 3.8) is 0 Å². The molecule has 0 bridgehead atoms. The van der Waals surface area contributed by atoms with Crippen molar-refractivity contribution in [1.29, 1.82) is 0 Å². The highest BCUT2D eigenvalue weighted by molar-refractivity contribution is 7.08. The zero-order valence-electron chi connectivity index (χ0n) is 7.92. The molecular formula is C10H16N2S. The molecule has 0 spiro atoms. The molecular weight excluding hydrogens is 180 g/mol. The summed E-state index contributed by atoms with van der Waals surface area (Å²) in [6.45, 7) is 3.17. The fourth-order valence-electron chi connectivity index (χ4n) is 1.65. The van der Waals surface area contributed by atoms with E-state index in [4.69, 9.17) is 5.73 Å². The van der Waals surface area contributed by atoms with Gasteiger partial charge in [0.1, 0.15) is 0 Å². The van der Waals surface area contributed by atoms with Gasteiger partial charge in [-0.15, -0.1) is 0 Å². The Morgan fingerprint density at radius 1 is 1.54 bits per heavy atom. The molecule has 1 saturated carbocycles. The maximum Gasteiger partial charge on any atom is 0.0219 e. The number of nitrogens with one attached hydrogen (secondary N) is 1. The lowest BCUT2D eigenvalue weighted by atomic mass is 9.87. The lowest BCUT2D eigenvalue weighted by Gasteiger charge is -2.33. The van der Waals surface area contributed by atoms with Crippen LogP contribution in [0.1, 0.15) is 24.0 Å². The maximum atomic E-state index is 5.71. The largest absolute Gasteiger partial charge is 0.328 e. The molecule has 3 N–H and O–H groups in total. The first-order chi connectivity index (χ1) is 6.25. The number of thiophene rings is 1. The third kappa shape index (κ3) is 2.10. The van der Waals surface area contributed by atoms with Gasteiger partial charge < -0.3 is 11.1 Å². The topological polar surface area (TPSA) is 38.0 Å². The molecule has 1 aliphatic rings. The molecule has 1 fully saturated rings. The Morgan fingerprint density at radius 3 is 2.85 bits per heavy atom. The average molecular weight is 196 g/mol. The summed E-state index contributed by atoms with van der Waals surface area (Å²) in [7, 11) is 0. The Morgan fingerprint density at radius 2 is 2.31 bits per heavy atom. The van der Waals surface area contributed by atoms with Crippen molar-refractivity contribution in [3.8, 4) is 0 Å². The summed E-state index contributed by atoms with van der Waals surface area (Å²) in [6.07, 6.45) is 2.28. The molecule has 1 aromatic heterocycles. The molecule has 0 saturated heterocycles. The van der Waals surface area contributed by atoms with E-state index in [0.29, 0.717) is 12.1 Å². The van der Waals surface area contributed by atoms with Crippen LogP contribution in [-0.2, 0) is 6.54 Å². The van der Waals surface area contributed by atoms with Gasteiger partial charge in [-0.05, 0) is 41.7 Å². The number of hydrogen-bond acceptors (Lipinski definition) is 3. The van der Waals surface area contributed by atoms with Crippen molar-refractivity contribution in [2.75, 3.05) is 0 Å². The Hall–Kier alpha value is -0.380. The van der Waals surface area contributed by atoms with E-state index in [1.165, 1.54) is 11.1 Å². The van der Waals surface area contributed by atoms with Gasteiger partial charge in [-0.3, -0.25) is 0 Å². The summed E-state index contributed by atoms with van der Waals surface area (Å²) >= 11 is 1.78. The van der Waals surface area contributed by atoms with Crippen LogP contribution < -0.4 is 11.1 Å². The Bertz CT molecular complexity index is 276. The van der Waals surface area contributed by atoms with Crippen LogP contribution in [0.15, 0.2) is 10.8 Å². The predicted molar refractivity (Wildman–Crippen MR) is 56.9 cm³/mol. The summed E-state index contributed by atoms with van der Waals surface area (Å²) in [5, 5.41) is 7.94. The molecule has 0 unspecified atom stereocenters. The molecule has 1 aliphatic carbocycles. The third-order valence-electron chi connectivity index (χ3n) is 2.72. The van der Waals surface area contributed by atoms with Crippen molar-refractivity contribution < 1.29 is 0 Å². The van der Waals surface area contributed by atoms with Crippen molar-refractivity contribution in [2.45, 2.75) is 38.4 Å². The van der Waals surface area contributed by atoms with Gasteiger partial charge in [0.25, 0.3) is 0 Å². The van der Waals surface area contributed by atoms with Crippen LogP contribution >= 0.6 is 11.3 Å². The van der Waals surface area contributed by atoms with Gasteiger partial charge >= 0.3 is 0 Å². The van der Waals surface area contributed by atoms with Crippen LogP contribution in [0.25, 0.3) is 0 Å². The average Bonchev–Trinajstić information content (AvgIpc) is 2.43. The first kappa shape index (κ1) is 9.19. The second kappa shape index (κ2) is 3.78. The minimum atomic E-state index is 0.445. The van der Waals surface area contributed by atoms with Crippen LogP contribution in [0.4, 0.5) is 0 Å². The second-order valence-electron chi connectivity index (χ2n) is 3.89. The summed E-state index contributed by atoms with van der Waals surface area (Å²) in [4.78, 5) is 0. The number of rotatable bonds is 3. The van der Waals surface area contributed by atoms with E-state index in [9.17, 15) is 0 Å². The highest BCUT2D eigenvalue weighted by atomic mass is 32.1. The van der Waals surface area contributed by atoms with Gasteiger partial charge in [0.15, 0.2) is 0 Å². The van der Waals surface area contributed by atoms with E-state index in [2.05, 4.69) is 23.0 Å². The van der Waals surface area contributed by atoms with Gasteiger partial charge in [0.2, 0.25) is 0 Å². The summed E-state index contributed by atoms with van der Waals surface area (Å²) in [5.41, 5.74) is 8.55. The molecule has 2 nitrogen and oxygen atoms in total. The SMILES string of the molecule is Cc1cscc1CNC1CC(N)C1. The minimum absolute atomic E-state index is 0.445. The second-order valence-corrected chi connectivity index (χ2v) is 4.63. The third-order valence-corrected chi connectivity index (χ3v) is 3.63. The Kier molecular flexibility index (Phi) is 2.67. The van der Waals surface area contributed by atoms with Crippen molar-refractivity contribution in [1.82, 2.24) is 5.32 Å². The standard InChI is InChI=1S/C10H16N2S/c1-7-5-13-6-8(7)4-12-10-2-9(11)3-10/h5-6,9-10,12H,2-4,11H2,1H3. The fraction of sp³-hybridized carbons (Fsp3) is 0.600. The van der Waals surface area contributed by atoms with E-state index >= 15 is 0 Å². The Balaban J connectivity index is 1.77. The zero-order valence-corrected chi connectivity index (χ0v) is 8.73. The molecule has 0 radical (unpaired) electrons. The van der Waals surface area contributed by atoms with E-state index in [1.54, 1.807) is 11.3 Å². The highest BCUT2D eigenvalue weighted by Gasteiger charge is 2.24. The molecule has 3 heteroatoms. The summed E-state index contributed by atoms with van der Waals surface area (Å²) in [5.74, 6) is 0. The highest BCUT2D eigenvalue weighted by Crippen LogP contribution is 2.19. The summed E-state index contributed by atoms with van der Waals surface area (Å²) in [6, 6.07) is 1.11. The van der Waals surface area contributed by atoms with Gasteiger partial charge in [0, 0.05) is 18.6 Å². The molecule has 0 aromatic carbocycles. The first-order valence-electron chi connectivity index (χ1n) is 4.76. The molecule has 13 heavy (non-hydrogen) atoms. The van der Waals surface area contributed by atoms with Crippen LogP contribution in [-0.4, -0.2) is 12.1 Å². The van der Waals surface area contributed by atoms with Crippen LogP contribution in [0.5, 0.6) is 0 Å². The monoisotopic (exact) mass is 196 g/mol. The molecule has 2 rings (SSSR count). The summed E-state index contributed by atoms with van der Waals surface area (Å²) < 4.78 is 0. The number of aryl methyl sites for hydroxylation is 1. The quantitative estimate of drug-likeness (QED) is 0.771. The van der Waals surface area contributed by atoms with E-state index < -0.39 is 0 Å². The minimum Gasteiger partial charge on any atom is -0.328 e. The molecule has 1 aromatic rings. The van der Waals surface area contributed by atoms with Crippen molar-refractivity contribution >= 4 is 11.3 Å². The van der Waals surface area contributed by atoms with Gasteiger partial charge in [-0.1, -0.05) is 0 Å². The molecule has 0 amide bonds. The van der Waals surface area contributed by atoms with E-state index in [0.717, 1.165) is 19.4 Å². The van der Waals surface area contributed by atoms with E-state index in [-0.39, 0.29) is 0 Å². The molecule has 1 heterocycles. The normalized spacial score (nSPS) is 27.2. The lowest BCUT2D eigenvalue weighted by molar-refractivity contribution is 0.291. The molecule has 0 atom stereocenters. The smallest absolute Gasteiger partial charge is 0.0219 e. The predicted octanol–water partition coefficient (Wildman–Crippen LogP) is 1.64. The molecule has 0 aliphatic heterocycles. The van der Waals surface area contributed by atoms with Crippen molar-refractivity contribution in [2.24, 2.45) is 5.73 Å². The van der Waals surface area contributed by atoms with E-state index in [1.807, 2.05) is 0 Å². The van der Waals surface area contributed by atoms with Crippen molar-refractivity contribution in [3.05, 3.63) is 21.9 Å². The number of nitrogens with two attached hydrogens (primary N) is 1. The lowest BCUT2D eigenvalue weighted by Crippen LogP contribution is -2.48. The fourth-order valence-corrected chi connectivity index (χ4v) is 2.51. The van der Waals surface area contributed by atoms with Gasteiger partial charge in [-0.25, -0.2) is 0 Å².